The lowest BCUT2D eigenvalue weighted by atomic mass is 10.1. The number of aliphatic imine (C=N–C) groups is 1. The number of nitrogens with one attached hydrogen (secondary N) is 3. The molecule has 8 nitrogen and oxygen atoms in total. The molecule has 0 bridgehead atoms. The minimum atomic E-state index is -2.94. The van der Waals surface area contributed by atoms with Crippen molar-refractivity contribution in [2.75, 3.05) is 45.7 Å². The highest BCUT2D eigenvalue weighted by Crippen LogP contribution is 2.11. The van der Waals surface area contributed by atoms with Crippen molar-refractivity contribution in [1.29, 1.82) is 0 Å². The normalized spacial score (nSPS) is 19.1. The molecule has 27 heavy (non-hydrogen) atoms. The van der Waals surface area contributed by atoms with Crippen LogP contribution >= 0.6 is 0 Å². The molecule has 1 aromatic carbocycles. The number of amides is 1. The number of likely N-dealkylation sites (N-methyl/N-ethyl adjacent to an activating group) is 1. The van der Waals surface area contributed by atoms with Crippen molar-refractivity contribution in [3.8, 4) is 0 Å². The molecule has 0 aliphatic carbocycles. The number of nitrogens with zero attached hydrogens (tertiary/aromatic N) is 2. The Labute approximate surface area is 161 Å². The van der Waals surface area contributed by atoms with Crippen molar-refractivity contribution in [2.24, 2.45) is 4.99 Å². The number of hydrogen-bond acceptors (Lipinski definition) is 5. The van der Waals surface area contributed by atoms with Crippen molar-refractivity contribution in [3.05, 3.63) is 35.4 Å². The number of guanidine groups is 1. The summed E-state index contributed by atoms with van der Waals surface area (Å²) in [6.45, 7) is 1.86. The maximum Gasteiger partial charge on any atom is 0.251 e. The minimum Gasteiger partial charge on any atom is -0.353 e. The third-order valence-electron chi connectivity index (χ3n) is 4.29. The zero-order valence-electron chi connectivity index (χ0n) is 16.2. The highest BCUT2D eigenvalue weighted by atomic mass is 32.2. The number of carbonyl (C=O) groups is 1. The maximum absolute atomic E-state index is 12.2. The van der Waals surface area contributed by atoms with Gasteiger partial charge in [-0.3, -0.25) is 9.79 Å². The molecular weight excluding hydrogens is 366 g/mol. The predicted octanol–water partition coefficient (Wildman–Crippen LogP) is -0.170. The van der Waals surface area contributed by atoms with E-state index in [1.807, 2.05) is 37.2 Å². The van der Waals surface area contributed by atoms with Crippen LogP contribution in [0.15, 0.2) is 29.3 Å². The molecule has 1 aliphatic rings. The van der Waals surface area contributed by atoms with E-state index in [4.69, 9.17) is 0 Å². The summed E-state index contributed by atoms with van der Waals surface area (Å²) in [6.07, 6.45) is 0.589. The highest BCUT2D eigenvalue weighted by molar-refractivity contribution is 7.91. The van der Waals surface area contributed by atoms with Gasteiger partial charge in [0.25, 0.3) is 5.91 Å². The second-order valence-electron chi connectivity index (χ2n) is 6.93. The Morgan fingerprint density at radius 2 is 2.07 bits per heavy atom. The van der Waals surface area contributed by atoms with Crippen molar-refractivity contribution in [1.82, 2.24) is 20.9 Å². The Kier molecular flexibility index (Phi) is 7.61. The van der Waals surface area contributed by atoms with Crippen molar-refractivity contribution < 1.29 is 13.2 Å². The lowest BCUT2D eigenvalue weighted by Gasteiger charge is -2.16. The van der Waals surface area contributed by atoms with Gasteiger partial charge in [-0.15, -0.1) is 0 Å². The van der Waals surface area contributed by atoms with Crippen LogP contribution in [0.4, 0.5) is 0 Å². The second-order valence-corrected chi connectivity index (χ2v) is 9.16. The van der Waals surface area contributed by atoms with E-state index >= 15 is 0 Å². The van der Waals surface area contributed by atoms with Crippen LogP contribution in [0.5, 0.6) is 0 Å². The number of benzene rings is 1. The Balaban J connectivity index is 1.86. The molecule has 1 amide bonds. The Morgan fingerprint density at radius 1 is 1.30 bits per heavy atom. The van der Waals surface area contributed by atoms with E-state index in [0.717, 1.165) is 12.1 Å². The first kappa shape index (κ1) is 21.2. The van der Waals surface area contributed by atoms with Crippen LogP contribution in [0.2, 0.25) is 0 Å². The van der Waals surface area contributed by atoms with Gasteiger partial charge in [0, 0.05) is 38.3 Å². The van der Waals surface area contributed by atoms with Crippen LogP contribution in [-0.4, -0.2) is 77.0 Å². The first-order chi connectivity index (χ1) is 12.8. The molecule has 150 valence electrons. The molecule has 1 aromatic rings. The predicted molar refractivity (Wildman–Crippen MR) is 108 cm³/mol. The fourth-order valence-corrected chi connectivity index (χ4v) is 4.47. The van der Waals surface area contributed by atoms with Crippen LogP contribution in [0, 0.1) is 0 Å². The van der Waals surface area contributed by atoms with Crippen LogP contribution in [0.3, 0.4) is 0 Å². The summed E-state index contributed by atoms with van der Waals surface area (Å²) in [6, 6.07) is 7.28. The van der Waals surface area contributed by atoms with Crippen LogP contribution in [0.1, 0.15) is 22.3 Å². The summed E-state index contributed by atoms with van der Waals surface area (Å²) in [5.41, 5.74) is 1.55. The van der Waals surface area contributed by atoms with Gasteiger partial charge < -0.3 is 20.9 Å². The molecule has 1 heterocycles. The van der Waals surface area contributed by atoms with E-state index < -0.39 is 9.84 Å². The molecule has 3 N–H and O–H groups in total. The van der Waals surface area contributed by atoms with Gasteiger partial charge in [-0.2, -0.15) is 0 Å². The second kappa shape index (κ2) is 9.70. The average molecular weight is 396 g/mol. The molecular formula is C18H29N5O3S. The molecule has 0 saturated carbocycles. The SMILES string of the molecule is CN=C(NCc1cccc(C(=O)NCCN(C)C)c1)NC1CCS(=O)(=O)C1. The van der Waals surface area contributed by atoms with E-state index in [0.29, 0.717) is 31.0 Å². The number of carbonyl (C=O) groups excluding carboxylic acids is 1. The molecule has 1 atom stereocenters. The first-order valence-corrected chi connectivity index (χ1v) is 10.8. The van der Waals surface area contributed by atoms with Gasteiger partial charge >= 0.3 is 0 Å². The van der Waals surface area contributed by atoms with Crippen LogP contribution in [-0.2, 0) is 16.4 Å². The van der Waals surface area contributed by atoms with Gasteiger partial charge in [-0.05, 0) is 38.2 Å². The van der Waals surface area contributed by atoms with Crippen molar-refractivity contribution >= 4 is 21.7 Å². The summed E-state index contributed by atoms with van der Waals surface area (Å²) >= 11 is 0. The van der Waals surface area contributed by atoms with Gasteiger partial charge in [-0.1, -0.05) is 12.1 Å². The summed E-state index contributed by atoms with van der Waals surface area (Å²) in [4.78, 5) is 18.4. The fraction of sp³-hybridized carbons (Fsp3) is 0.556. The monoisotopic (exact) mass is 395 g/mol. The van der Waals surface area contributed by atoms with Crippen molar-refractivity contribution in [2.45, 2.75) is 19.0 Å². The third kappa shape index (κ3) is 7.18. The molecule has 0 spiro atoms. The number of sulfone groups is 1. The standard InChI is InChI=1S/C18H29N5O3S/c1-19-18(22-16-7-10-27(25,26)13-16)21-12-14-5-4-6-15(11-14)17(24)20-8-9-23(2)3/h4-6,11,16H,7-10,12-13H2,1-3H3,(H,20,24)(H2,19,21,22). The smallest absolute Gasteiger partial charge is 0.251 e. The van der Waals surface area contributed by atoms with E-state index in [9.17, 15) is 13.2 Å². The highest BCUT2D eigenvalue weighted by Gasteiger charge is 2.28. The van der Waals surface area contributed by atoms with Crippen LogP contribution < -0.4 is 16.0 Å². The Bertz CT molecular complexity index is 777. The summed E-state index contributed by atoms with van der Waals surface area (Å²) in [5.74, 6) is 0.804. The van der Waals surface area contributed by atoms with E-state index in [1.165, 1.54) is 0 Å². The topological polar surface area (TPSA) is 103 Å². The largest absolute Gasteiger partial charge is 0.353 e. The fourth-order valence-electron chi connectivity index (χ4n) is 2.80. The molecule has 0 radical (unpaired) electrons. The summed E-state index contributed by atoms with van der Waals surface area (Å²) in [7, 11) is 2.63. The van der Waals surface area contributed by atoms with E-state index in [-0.39, 0.29) is 23.5 Å². The quantitative estimate of drug-likeness (QED) is 0.438. The molecule has 2 rings (SSSR count). The van der Waals surface area contributed by atoms with Crippen molar-refractivity contribution in [3.63, 3.8) is 0 Å². The number of rotatable bonds is 7. The van der Waals surface area contributed by atoms with E-state index in [1.54, 1.807) is 13.1 Å². The molecule has 1 saturated heterocycles. The number of hydrogen-bond donors (Lipinski definition) is 3. The zero-order chi connectivity index (χ0) is 19.9. The zero-order valence-corrected chi connectivity index (χ0v) is 17.0. The minimum absolute atomic E-state index is 0.0997. The molecule has 9 heteroatoms. The first-order valence-electron chi connectivity index (χ1n) is 8.98. The third-order valence-corrected chi connectivity index (χ3v) is 6.06. The maximum atomic E-state index is 12.2. The molecule has 0 aromatic heterocycles. The van der Waals surface area contributed by atoms with Gasteiger partial charge in [0.15, 0.2) is 15.8 Å². The molecule has 1 fully saturated rings. The average Bonchev–Trinajstić information content (AvgIpc) is 2.97. The van der Waals surface area contributed by atoms with Gasteiger partial charge in [0.2, 0.25) is 0 Å². The summed E-state index contributed by atoms with van der Waals surface area (Å²) in [5, 5.41) is 9.21. The lowest BCUT2D eigenvalue weighted by Crippen LogP contribution is -2.43. The van der Waals surface area contributed by atoms with Gasteiger partial charge in [0.1, 0.15) is 0 Å². The Morgan fingerprint density at radius 3 is 2.70 bits per heavy atom. The Hall–Kier alpha value is -2.13. The van der Waals surface area contributed by atoms with Gasteiger partial charge in [-0.25, -0.2) is 8.42 Å². The lowest BCUT2D eigenvalue weighted by molar-refractivity contribution is 0.0951. The molecule has 1 unspecified atom stereocenters. The molecule has 1 aliphatic heterocycles. The van der Waals surface area contributed by atoms with Crippen LogP contribution in [0.25, 0.3) is 0 Å². The van der Waals surface area contributed by atoms with Gasteiger partial charge in [0.05, 0.1) is 11.5 Å². The summed E-state index contributed by atoms with van der Waals surface area (Å²) < 4.78 is 23.1. The van der Waals surface area contributed by atoms with E-state index in [2.05, 4.69) is 20.9 Å².